The van der Waals surface area contributed by atoms with Crippen LogP contribution in [0.3, 0.4) is 0 Å². The molecule has 90 valence electrons. The molecule has 0 fully saturated rings. The quantitative estimate of drug-likeness (QED) is 0.941. The number of rotatable bonds is 4. The van der Waals surface area contributed by atoms with Crippen LogP contribution in [-0.2, 0) is 6.54 Å². The predicted molar refractivity (Wildman–Crippen MR) is 70.7 cm³/mol. The van der Waals surface area contributed by atoms with Crippen molar-refractivity contribution in [1.29, 1.82) is 0 Å². The van der Waals surface area contributed by atoms with Crippen LogP contribution in [0.1, 0.15) is 24.2 Å². The number of hydrogen-bond acceptors (Lipinski definition) is 3. The van der Waals surface area contributed by atoms with E-state index in [2.05, 4.69) is 44.3 Å². The van der Waals surface area contributed by atoms with Gasteiger partial charge in [-0.2, -0.15) is 5.10 Å². The van der Waals surface area contributed by atoms with E-state index in [1.54, 1.807) is 6.20 Å². The van der Waals surface area contributed by atoms with Crippen LogP contribution in [0, 0.1) is 0 Å². The van der Waals surface area contributed by atoms with Crippen molar-refractivity contribution in [3.05, 3.63) is 46.5 Å². The van der Waals surface area contributed by atoms with Crippen molar-refractivity contribution < 1.29 is 0 Å². The maximum absolute atomic E-state index is 4.34. The van der Waals surface area contributed by atoms with Gasteiger partial charge in [0.1, 0.15) is 0 Å². The van der Waals surface area contributed by atoms with Gasteiger partial charge in [0.15, 0.2) is 0 Å². The molecule has 0 saturated carbocycles. The third kappa shape index (κ3) is 2.40. The van der Waals surface area contributed by atoms with Crippen LogP contribution in [0.15, 0.2) is 35.2 Å². The van der Waals surface area contributed by atoms with Gasteiger partial charge in [-0.3, -0.25) is 9.67 Å². The Hall–Kier alpha value is -1.20. The van der Waals surface area contributed by atoms with Gasteiger partial charge in [0.2, 0.25) is 0 Å². The molecule has 1 atom stereocenters. The molecule has 17 heavy (non-hydrogen) atoms. The molecule has 0 spiro atoms. The Bertz CT molecular complexity index is 481. The van der Waals surface area contributed by atoms with Crippen LogP contribution in [0.25, 0.3) is 0 Å². The third-order valence-corrected chi connectivity index (χ3v) is 3.32. The van der Waals surface area contributed by atoms with Crippen molar-refractivity contribution >= 4 is 15.9 Å². The first-order valence-corrected chi connectivity index (χ1v) is 6.35. The van der Waals surface area contributed by atoms with Crippen LogP contribution >= 0.6 is 15.9 Å². The maximum atomic E-state index is 4.34. The van der Waals surface area contributed by atoms with E-state index in [1.165, 1.54) is 0 Å². The standard InChI is InChI=1S/C12H15BrN4/c1-3-17-12(10(13)8-16-17)11(14-2)9-5-4-6-15-7-9/h4-8,11,14H,3H2,1-2H3. The Morgan fingerprint density at radius 2 is 2.29 bits per heavy atom. The lowest BCUT2D eigenvalue weighted by Crippen LogP contribution is -2.22. The van der Waals surface area contributed by atoms with E-state index in [4.69, 9.17) is 0 Å². The maximum Gasteiger partial charge on any atom is 0.0772 e. The second kappa shape index (κ2) is 5.42. The molecule has 0 radical (unpaired) electrons. The summed E-state index contributed by atoms with van der Waals surface area (Å²) in [7, 11) is 1.94. The van der Waals surface area contributed by atoms with Gasteiger partial charge < -0.3 is 5.32 Å². The van der Waals surface area contributed by atoms with Gasteiger partial charge in [-0.15, -0.1) is 0 Å². The molecule has 5 heteroatoms. The number of hydrogen-bond donors (Lipinski definition) is 1. The van der Waals surface area contributed by atoms with Gasteiger partial charge in [-0.1, -0.05) is 6.07 Å². The van der Waals surface area contributed by atoms with E-state index in [1.807, 2.05) is 30.2 Å². The highest BCUT2D eigenvalue weighted by Crippen LogP contribution is 2.27. The highest BCUT2D eigenvalue weighted by Gasteiger charge is 2.19. The molecule has 0 saturated heterocycles. The Labute approximate surface area is 109 Å². The Kier molecular flexibility index (Phi) is 3.91. The summed E-state index contributed by atoms with van der Waals surface area (Å²) in [6.07, 6.45) is 5.49. The molecule has 0 aliphatic heterocycles. The first kappa shape index (κ1) is 12.3. The van der Waals surface area contributed by atoms with Crippen molar-refractivity contribution in [1.82, 2.24) is 20.1 Å². The highest BCUT2D eigenvalue weighted by molar-refractivity contribution is 9.10. The van der Waals surface area contributed by atoms with E-state index in [9.17, 15) is 0 Å². The van der Waals surface area contributed by atoms with Gasteiger partial charge in [-0.05, 0) is 41.5 Å². The van der Waals surface area contributed by atoms with Gasteiger partial charge >= 0.3 is 0 Å². The highest BCUT2D eigenvalue weighted by atomic mass is 79.9. The zero-order valence-electron chi connectivity index (χ0n) is 9.89. The molecular weight excluding hydrogens is 280 g/mol. The fourth-order valence-corrected chi connectivity index (χ4v) is 2.44. The van der Waals surface area contributed by atoms with Crippen molar-refractivity contribution in [2.75, 3.05) is 7.05 Å². The van der Waals surface area contributed by atoms with Crippen LogP contribution < -0.4 is 5.32 Å². The molecule has 2 heterocycles. The lowest BCUT2D eigenvalue weighted by atomic mass is 10.1. The summed E-state index contributed by atoms with van der Waals surface area (Å²) >= 11 is 3.55. The van der Waals surface area contributed by atoms with Crippen molar-refractivity contribution in [3.63, 3.8) is 0 Å². The van der Waals surface area contributed by atoms with E-state index in [0.717, 1.165) is 22.3 Å². The number of aryl methyl sites for hydroxylation is 1. The van der Waals surface area contributed by atoms with E-state index < -0.39 is 0 Å². The zero-order valence-corrected chi connectivity index (χ0v) is 11.5. The Balaban J connectivity index is 2.45. The molecule has 2 aromatic rings. The van der Waals surface area contributed by atoms with E-state index >= 15 is 0 Å². The minimum atomic E-state index is 0.0977. The monoisotopic (exact) mass is 294 g/mol. The summed E-state index contributed by atoms with van der Waals surface area (Å²) in [5, 5.41) is 7.64. The molecular formula is C12H15BrN4. The lowest BCUT2D eigenvalue weighted by Gasteiger charge is -2.18. The van der Waals surface area contributed by atoms with E-state index in [-0.39, 0.29) is 6.04 Å². The normalized spacial score (nSPS) is 12.6. The second-order valence-corrected chi connectivity index (χ2v) is 4.56. The predicted octanol–water partition coefficient (Wildman–Crippen LogP) is 2.37. The zero-order chi connectivity index (χ0) is 12.3. The number of nitrogens with zero attached hydrogens (tertiary/aromatic N) is 3. The topological polar surface area (TPSA) is 42.7 Å². The van der Waals surface area contributed by atoms with Crippen LogP contribution in [-0.4, -0.2) is 21.8 Å². The van der Waals surface area contributed by atoms with E-state index in [0.29, 0.717) is 0 Å². The fraction of sp³-hybridized carbons (Fsp3) is 0.333. The average molecular weight is 295 g/mol. The second-order valence-electron chi connectivity index (χ2n) is 3.70. The van der Waals surface area contributed by atoms with Gasteiger partial charge in [0, 0.05) is 18.9 Å². The number of nitrogens with one attached hydrogen (secondary N) is 1. The Morgan fingerprint density at radius 3 is 2.88 bits per heavy atom. The molecule has 1 N–H and O–H groups in total. The third-order valence-electron chi connectivity index (χ3n) is 2.71. The summed E-state index contributed by atoms with van der Waals surface area (Å²) in [6, 6.07) is 4.11. The van der Waals surface area contributed by atoms with Crippen molar-refractivity contribution in [2.45, 2.75) is 19.5 Å². The van der Waals surface area contributed by atoms with Gasteiger partial charge in [0.25, 0.3) is 0 Å². The van der Waals surface area contributed by atoms with Gasteiger partial charge in [0.05, 0.1) is 22.4 Å². The molecule has 4 nitrogen and oxygen atoms in total. The summed E-state index contributed by atoms with van der Waals surface area (Å²) < 4.78 is 3.00. The Morgan fingerprint density at radius 1 is 1.47 bits per heavy atom. The minimum absolute atomic E-state index is 0.0977. The molecule has 0 aromatic carbocycles. The number of pyridine rings is 1. The molecule has 1 unspecified atom stereocenters. The summed E-state index contributed by atoms with van der Waals surface area (Å²) in [5.74, 6) is 0. The molecule has 2 aromatic heterocycles. The molecule has 0 aliphatic rings. The summed E-state index contributed by atoms with van der Waals surface area (Å²) in [6.45, 7) is 2.93. The first-order valence-electron chi connectivity index (χ1n) is 5.56. The minimum Gasteiger partial charge on any atom is -0.308 e. The molecule has 2 rings (SSSR count). The largest absolute Gasteiger partial charge is 0.308 e. The fourth-order valence-electron chi connectivity index (χ4n) is 1.92. The van der Waals surface area contributed by atoms with Crippen LogP contribution in [0.2, 0.25) is 0 Å². The smallest absolute Gasteiger partial charge is 0.0772 e. The first-order chi connectivity index (χ1) is 8.27. The van der Waals surface area contributed by atoms with Crippen molar-refractivity contribution in [3.8, 4) is 0 Å². The number of halogens is 1. The summed E-state index contributed by atoms with van der Waals surface area (Å²) in [4.78, 5) is 4.16. The van der Waals surface area contributed by atoms with Crippen molar-refractivity contribution in [2.24, 2.45) is 0 Å². The van der Waals surface area contributed by atoms with Crippen LogP contribution in [0.4, 0.5) is 0 Å². The van der Waals surface area contributed by atoms with Crippen LogP contribution in [0.5, 0.6) is 0 Å². The van der Waals surface area contributed by atoms with Gasteiger partial charge in [-0.25, -0.2) is 0 Å². The molecule has 0 aliphatic carbocycles. The molecule has 0 bridgehead atoms. The summed E-state index contributed by atoms with van der Waals surface area (Å²) in [5.41, 5.74) is 2.26. The SMILES string of the molecule is CCn1ncc(Br)c1C(NC)c1cccnc1. The number of aromatic nitrogens is 3. The lowest BCUT2D eigenvalue weighted by molar-refractivity contribution is 0.561. The average Bonchev–Trinajstić information content (AvgIpc) is 2.74. The molecule has 0 amide bonds.